The topological polar surface area (TPSA) is 90.3 Å². The van der Waals surface area contributed by atoms with Crippen molar-refractivity contribution in [2.75, 3.05) is 23.7 Å². The zero-order valence-corrected chi connectivity index (χ0v) is 15.7. The highest BCUT2D eigenvalue weighted by Crippen LogP contribution is 2.21. The smallest absolute Gasteiger partial charge is 0.240 e. The van der Waals surface area contributed by atoms with Gasteiger partial charge in [0.25, 0.3) is 0 Å². The quantitative estimate of drug-likeness (QED) is 0.784. The van der Waals surface area contributed by atoms with E-state index in [1.807, 2.05) is 18.2 Å². The molecular weight excluding hydrogens is 374 g/mol. The lowest BCUT2D eigenvalue weighted by atomic mass is 10.1. The first kappa shape index (κ1) is 19.8. The molecule has 2 rings (SSSR count). The van der Waals surface area contributed by atoms with Crippen LogP contribution in [0.4, 0.5) is 5.69 Å². The predicted molar refractivity (Wildman–Crippen MR) is 102 cm³/mol. The molecule has 1 N–H and O–H groups in total. The molecule has 0 aromatic heterocycles. The van der Waals surface area contributed by atoms with Crippen LogP contribution in [-0.2, 0) is 21.2 Å². The Morgan fingerprint density at radius 1 is 1.23 bits per heavy atom. The first-order chi connectivity index (χ1) is 12.3. The molecule has 2 aromatic carbocycles. The fourth-order valence-corrected chi connectivity index (χ4v) is 3.47. The van der Waals surface area contributed by atoms with E-state index in [-0.39, 0.29) is 11.3 Å². The molecule has 0 aliphatic heterocycles. The third-order valence-electron chi connectivity index (χ3n) is 3.61. The largest absolute Gasteiger partial charge is 0.354 e. The van der Waals surface area contributed by atoms with Crippen LogP contribution in [0.25, 0.3) is 0 Å². The predicted octanol–water partition coefficient (Wildman–Crippen LogP) is 2.34. The maximum absolute atomic E-state index is 12.2. The zero-order valence-electron chi connectivity index (χ0n) is 14.1. The molecule has 0 radical (unpaired) electrons. The van der Waals surface area contributed by atoms with Crippen LogP contribution in [0.3, 0.4) is 0 Å². The third kappa shape index (κ3) is 5.48. The van der Waals surface area contributed by atoms with E-state index in [1.54, 1.807) is 24.3 Å². The van der Waals surface area contributed by atoms with Crippen LogP contribution in [0, 0.1) is 11.3 Å². The molecule has 26 heavy (non-hydrogen) atoms. The molecule has 0 aliphatic carbocycles. The lowest BCUT2D eigenvalue weighted by Crippen LogP contribution is -2.41. The van der Waals surface area contributed by atoms with E-state index in [0.717, 1.165) is 16.1 Å². The maximum Gasteiger partial charge on any atom is 0.240 e. The Balaban J connectivity index is 2.05. The maximum atomic E-state index is 12.2. The summed E-state index contributed by atoms with van der Waals surface area (Å²) < 4.78 is 25.1. The summed E-state index contributed by atoms with van der Waals surface area (Å²) in [6.45, 7) is -0.0518. The number of sulfonamides is 1. The normalized spacial score (nSPS) is 10.8. The van der Waals surface area contributed by atoms with E-state index < -0.39 is 22.5 Å². The van der Waals surface area contributed by atoms with Gasteiger partial charge in [-0.1, -0.05) is 35.9 Å². The number of benzene rings is 2. The molecule has 0 fully saturated rings. The molecule has 0 unspecified atom stereocenters. The number of amides is 1. The van der Waals surface area contributed by atoms with Crippen molar-refractivity contribution >= 4 is 33.2 Å². The second-order valence-electron chi connectivity index (χ2n) is 5.63. The number of rotatable bonds is 7. The van der Waals surface area contributed by atoms with Crippen LogP contribution in [0.2, 0.25) is 5.02 Å². The molecule has 1 amide bonds. The van der Waals surface area contributed by atoms with Crippen molar-refractivity contribution in [3.8, 4) is 6.07 Å². The van der Waals surface area contributed by atoms with Crippen LogP contribution in [0.1, 0.15) is 11.1 Å². The van der Waals surface area contributed by atoms with Gasteiger partial charge in [0, 0.05) is 11.6 Å². The van der Waals surface area contributed by atoms with Crippen LogP contribution >= 0.6 is 11.6 Å². The first-order valence-electron chi connectivity index (χ1n) is 7.79. The molecule has 8 heteroatoms. The number of anilines is 1. The van der Waals surface area contributed by atoms with Crippen molar-refractivity contribution in [3.05, 3.63) is 64.7 Å². The van der Waals surface area contributed by atoms with Crippen molar-refractivity contribution in [2.24, 2.45) is 0 Å². The highest BCUT2D eigenvalue weighted by Gasteiger charge is 2.23. The summed E-state index contributed by atoms with van der Waals surface area (Å²) in [6, 6.07) is 15.5. The standard InChI is InChI=1S/C18H18ClN3O3S/c1-26(24,25)22(17-8-3-2-6-15(17)12-20)13-18(23)21-10-9-14-5-4-7-16(19)11-14/h2-8,11H,9-10,13H2,1H3,(H,21,23). The lowest BCUT2D eigenvalue weighted by molar-refractivity contribution is -0.119. The van der Waals surface area contributed by atoms with Gasteiger partial charge in [-0.2, -0.15) is 5.26 Å². The highest BCUT2D eigenvalue weighted by atomic mass is 35.5. The average molecular weight is 392 g/mol. The van der Waals surface area contributed by atoms with E-state index >= 15 is 0 Å². The molecular formula is C18H18ClN3O3S. The minimum atomic E-state index is -3.72. The van der Waals surface area contributed by atoms with Crippen molar-refractivity contribution in [2.45, 2.75) is 6.42 Å². The van der Waals surface area contributed by atoms with Crippen LogP contribution < -0.4 is 9.62 Å². The molecule has 0 atom stereocenters. The van der Waals surface area contributed by atoms with Crippen molar-refractivity contribution in [3.63, 3.8) is 0 Å². The fourth-order valence-electron chi connectivity index (χ4n) is 2.39. The van der Waals surface area contributed by atoms with E-state index in [2.05, 4.69) is 5.32 Å². The van der Waals surface area contributed by atoms with Crippen LogP contribution in [0.5, 0.6) is 0 Å². The van der Waals surface area contributed by atoms with Crippen LogP contribution in [-0.4, -0.2) is 33.7 Å². The van der Waals surface area contributed by atoms with Gasteiger partial charge in [-0.25, -0.2) is 8.42 Å². The molecule has 0 heterocycles. The summed E-state index contributed by atoms with van der Waals surface area (Å²) in [4.78, 5) is 12.2. The Morgan fingerprint density at radius 3 is 2.62 bits per heavy atom. The summed E-state index contributed by atoms with van der Waals surface area (Å²) in [7, 11) is -3.72. The lowest BCUT2D eigenvalue weighted by Gasteiger charge is -2.22. The number of para-hydroxylation sites is 1. The minimum absolute atomic E-state index is 0.183. The van der Waals surface area contributed by atoms with Gasteiger partial charge < -0.3 is 5.32 Å². The summed E-state index contributed by atoms with van der Waals surface area (Å²) in [5.74, 6) is -0.454. The highest BCUT2D eigenvalue weighted by molar-refractivity contribution is 7.92. The monoisotopic (exact) mass is 391 g/mol. The fraction of sp³-hybridized carbons (Fsp3) is 0.222. The second-order valence-corrected chi connectivity index (χ2v) is 7.97. The summed E-state index contributed by atoms with van der Waals surface area (Å²) >= 11 is 5.91. The zero-order chi connectivity index (χ0) is 19.2. The number of nitriles is 1. The Bertz CT molecular complexity index is 939. The molecule has 0 saturated heterocycles. The van der Waals surface area contributed by atoms with E-state index in [0.29, 0.717) is 18.0 Å². The van der Waals surface area contributed by atoms with Gasteiger partial charge in [0.2, 0.25) is 15.9 Å². The molecule has 2 aromatic rings. The Morgan fingerprint density at radius 2 is 1.96 bits per heavy atom. The summed E-state index contributed by atoms with van der Waals surface area (Å²) in [5.41, 5.74) is 1.33. The minimum Gasteiger partial charge on any atom is -0.354 e. The number of carbonyl (C=O) groups excluding carboxylic acids is 1. The second kappa shape index (κ2) is 8.70. The number of hydrogen-bond donors (Lipinski definition) is 1. The molecule has 0 spiro atoms. The Hall–Kier alpha value is -2.56. The van der Waals surface area contributed by atoms with Crippen molar-refractivity contribution in [1.82, 2.24) is 5.32 Å². The average Bonchev–Trinajstić information content (AvgIpc) is 2.59. The van der Waals surface area contributed by atoms with E-state index in [1.165, 1.54) is 12.1 Å². The number of hydrogen-bond acceptors (Lipinski definition) is 4. The van der Waals surface area contributed by atoms with Gasteiger partial charge in [-0.15, -0.1) is 0 Å². The van der Waals surface area contributed by atoms with Gasteiger partial charge >= 0.3 is 0 Å². The van der Waals surface area contributed by atoms with E-state index in [4.69, 9.17) is 11.6 Å². The van der Waals surface area contributed by atoms with Crippen molar-refractivity contribution < 1.29 is 13.2 Å². The molecule has 0 bridgehead atoms. The first-order valence-corrected chi connectivity index (χ1v) is 10.0. The van der Waals surface area contributed by atoms with E-state index in [9.17, 15) is 18.5 Å². The summed E-state index contributed by atoms with van der Waals surface area (Å²) in [6.07, 6.45) is 1.57. The van der Waals surface area contributed by atoms with Gasteiger partial charge in [0.15, 0.2) is 0 Å². The summed E-state index contributed by atoms with van der Waals surface area (Å²) in [5, 5.41) is 12.5. The number of halogens is 1. The number of nitrogens with one attached hydrogen (secondary N) is 1. The molecule has 0 saturated carbocycles. The van der Waals surface area contributed by atoms with Crippen LogP contribution in [0.15, 0.2) is 48.5 Å². The van der Waals surface area contributed by atoms with Gasteiger partial charge in [-0.3, -0.25) is 9.10 Å². The molecule has 6 nitrogen and oxygen atoms in total. The van der Waals surface area contributed by atoms with Crippen molar-refractivity contribution in [1.29, 1.82) is 5.26 Å². The Labute approximate surface area is 158 Å². The van der Waals surface area contributed by atoms with Gasteiger partial charge in [-0.05, 0) is 36.2 Å². The SMILES string of the molecule is CS(=O)(=O)N(CC(=O)NCCc1cccc(Cl)c1)c1ccccc1C#N. The molecule has 0 aliphatic rings. The number of carbonyl (C=O) groups is 1. The van der Waals surface area contributed by atoms with Gasteiger partial charge in [0.05, 0.1) is 17.5 Å². The Kier molecular flexibility index (Phi) is 6.61. The number of nitrogens with zero attached hydrogens (tertiary/aromatic N) is 2. The third-order valence-corrected chi connectivity index (χ3v) is 4.97. The molecule has 136 valence electrons. The van der Waals surface area contributed by atoms with Gasteiger partial charge in [0.1, 0.15) is 12.6 Å².